The minimum Gasteiger partial charge on any atom is -0.480 e. The van der Waals surface area contributed by atoms with Crippen molar-refractivity contribution in [3.8, 4) is 5.88 Å². The summed E-state index contributed by atoms with van der Waals surface area (Å²) in [5, 5.41) is 10.4. The van der Waals surface area contributed by atoms with Gasteiger partial charge in [0.05, 0.1) is 7.11 Å². The second kappa shape index (κ2) is 5.80. The molecule has 0 radical (unpaired) electrons. The summed E-state index contributed by atoms with van der Waals surface area (Å²) in [7, 11) is 1.52. The van der Waals surface area contributed by atoms with Crippen LogP contribution in [0, 0.1) is 0 Å². The fourth-order valence-corrected chi connectivity index (χ4v) is 1.90. The molecular weight excluding hydrogens is 240 g/mol. The molecule has 1 aromatic heterocycles. The molecule has 0 saturated carbocycles. The molecule has 0 spiro atoms. The molecule has 1 aromatic carbocycles. The van der Waals surface area contributed by atoms with E-state index in [1.54, 1.807) is 6.20 Å². The first-order valence-corrected chi connectivity index (χ1v) is 6.26. The molecule has 100 valence electrons. The highest BCUT2D eigenvalue weighted by Crippen LogP contribution is 2.27. The Morgan fingerprint density at radius 1 is 1.00 bits per heavy atom. The summed E-state index contributed by atoms with van der Waals surface area (Å²) in [4.78, 5) is 8.19. The summed E-state index contributed by atoms with van der Waals surface area (Å²) in [6, 6.07) is 7.86. The first-order valence-electron chi connectivity index (χ1n) is 6.26. The van der Waals surface area contributed by atoms with Gasteiger partial charge in [-0.1, -0.05) is 38.1 Å². The van der Waals surface area contributed by atoms with E-state index in [0.717, 1.165) is 5.56 Å². The number of hydrogen-bond acceptors (Lipinski definition) is 4. The van der Waals surface area contributed by atoms with Gasteiger partial charge in [0.1, 0.15) is 11.8 Å². The van der Waals surface area contributed by atoms with Crippen LogP contribution in [0.5, 0.6) is 5.88 Å². The van der Waals surface area contributed by atoms with Gasteiger partial charge in [0.2, 0.25) is 5.88 Å². The number of hydrogen-bond donors (Lipinski definition) is 1. The Hall–Kier alpha value is -1.94. The minimum atomic E-state index is -0.829. The Morgan fingerprint density at radius 2 is 1.58 bits per heavy atom. The van der Waals surface area contributed by atoms with Crippen LogP contribution in [0.2, 0.25) is 0 Å². The summed E-state index contributed by atoms with van der Waals surface area (Å²) in [5.74, 6) is 0.820. The fourth-order valence-electron chi connectivity index (χ4n) is 1.90. The zero-order valence-electron chi connectivity index (χ0n) is 11.4. The molecule has 4 heteroatoms. The second-order valence-electron chi connectivity index (χ2n) is 4.67. The largest absolute Gasteiger partial charge is 0.480 e. The summed E-state index contributed by atoms with van der Waals surface area (Å²) >= 11 is 0. The van der Waals surface area contributed by atoms with E-state index in [1.165, 1.54) is 18.9 Å². The third-order valence-electron chi connectivity index (χ3n) is 3.06. The lowest BCUT2D eigenvalue weighted by atomic mass is 9.99. The molecule has 2 aromatic rings. The third kappa shape index (κ3) is 2.90. The number of nitrogens with zero attached hydrogens (tertiary/aromatic N) is 2. The molecule has 1 atom stereocenters. The molecule has 0 aliphatic carbocycles. The van der Waals surface area contributed by atoms with E-state index in [0.29, 0.717) is 17.5 Å². The second-order valence-corrected chi connectivity index (χ2v) is 4.67. The van der Waals surface area contributed by atoms with Crippen molar-refractivity contribution in [3.05, 3.63) is 53.5 Å². The van der Waals surface area contributed by atoms with Crippen LogP contribution < -0.4 is 4.74 Å². The van der Waals surface area contributed by atoms with E-state index in [-0.39, 0.29) is 0 Å². The molecule has 0 fully saturated rings. The van der Waals surface area contributed by atoms with E-state index in [1.807, 2.05) is 24.3 Å². The zero-order chi connectivity index (χ0) is 13.8. The third-order valence-corrected chi connectivity index (χ3v) is 3.06. The molecule has 0 amide bonds. The molecule has 0 bridgehead atoms. The average Bonchev–Trinajstić information content (AvgIpc) is 2.46. The zero-order valence-corrected chi connectivity index (χ0v) is 11.4. The minimum absolute atomic E-state index is 0.350. The lowest BCUT2D eigenvalue weighted by molar-refractivity contribution is 0.207. The van der Waals surface area contributed by atoms with Crippen LogP contribution in [0.3, 0.4) is 0 Å². The van der Waals surface area contributed by atoms with Crippen LogP contribution in [0.4, 0.5) is 0 Å². The van der Waals surface area contributed by atoms with Crippen molar-refractivity contribution >= 4 is 0 Å². The monoisotopic (exact) mass is 258 g/mol. The molecule has 0 aliphatic rings. The highest BCUT2D eigenvalue weighted by atomic mass is 16.5. The molecule has 1 N–H and O–H groups in total. The van der Waals surface area contributed by atoms with Crippen LogP contribution in [0.1, 0.15) is 42.7 Å². The van der Waals surface area contributed by atoms with Gasteiger partial charge in [-0.15, -0.1) is 0 Å². The number of aliphatic hydroxyl groups excluding tert-OH is 1. The summed E-state index contributed by atoms with van der Waals surface area (Å²) in [6.45, 7) is 4.27. The van der Waals surface area contributed by atoms with Crippen molar-refractivity contribution in [1.82, 2.24) is 9.97 Å². The van der Waals surface area contributed by atoms with Crippen molar-refractivity contribution in [2.45, 2.75) is 25.9 Å². The Kier molecular flexibility index (Phi) is 4.12. The normalized spacial score (nSPS) is 12.5. The topological polar surface area (TPSA) is 55.2 Å². The van der Waals surface area contributed by atoms with E-state index in [4.69, 9.17) is 4.74 Å². The number of aromatic nitrogens is 2. The van der Waals surface area contributed by atoms with Gasteiger partial charge in [-0.25, -0.2) is 4.98 Å². The van der Waals surface area contributed by atoms with E-state index in [9.17, 15) is 5.11 Å². The quantitative estimate of drug-likeness (QED) is 0.916. The molecule has 0 aliphatic heterocycles. The molecule has 0 saturated heterocycles. The molecular formula is C15H18N2O2. The maximum atomic E-state index is 10.4. The van der Waals surface area contributed by atoms with Gasteiger partial charge < -0.3 is 9.84 Å². The maximum Gasteiger partial charge on any atom is 0.238 e. The van der Waals surface area contributed by atoms with E-state index < -0.39 is 6.10 Å². The van der Waals surface area contributed by atoms with Crippen molar-refractivity contribution in [2.75, 3.05) is 7.11 Å². The van der Waals surface area contributed by atoms with Gasteiger partial charge in [0.15, 0.2) is 0 Å². The van der Waals surface area contributed by atoms with Crippen LogP contribution in [0.25, 0.3) is 0 Å². The van der Waals surface area contributed by atoms with E-state index >= 15 is 0 Å². The summed E-state index contributed by atoms with van der Waals surface area (Å²) in [5.41, 5.74) is 2.45. The molecule has 4 nitrogen and oxygen atoms in total. The molecule has 2 rings (SSSR count). The van der Waals surface area contributed by atoms with Gasteiger partial charge >= 0.3 is 0 Å². The standard InChI is InChI=1S/C15H18N2O2/c1-10(2)11-4-6-12(7-5-11)14(18)13-15(19-3)17-9-8-16-13/h4-10,14,18H,1-3H3. The predicted octanol–water partition coefficient (Wildman–Crippen LogP) is 2.69. The SMILES string of the molecule is COc1nccnc1C(O)c1ccc(C(C)C)cc1. The maximum absolute atomic E-state index is 10.4. The van der Waals surface area contributed by atoms with Crippen molar-refractivity contribution in [1.29, 1.82) is 0 Å². The Bertz CT molecular complexity index is 538. The van der Waals surface area contributed by atoms with Crippen molar-refractivity contribution < 1.29 is 9.84 Å². The highest BCUT2D eigenvalue weighted by Gasteiger charge is 2.17. The lowest BCUT2D eigenvalue weighted by Gasteiger charge is -2.14. The fraction of sp³-hybridized carbons (Fsp3) is 0.333. The smallest absolute Gasteiger partial charge is 0.238 e. The molecule has 1 unspecified atom stereocenters. The van der Waals surface area contributed by atoms with Crippen LogP contribution >= 0.6 is 0 Å². The number of aliphatic hydroxyl groups is 1. The first kappa shape index (κ1) is 13.5. The van der Waals surface area contributed by atoms with Crippen LogP contribution in [0.15, 0.2) is 36.7 Å². The van der Waals surface area contributed by atoms with Gasteiger partial charge in [-0.3, -0.25) is 4.98 Å². The highest BCUT2D eigenvalue weighted by molar-refractivity contribution is 5.33. The Labute approximate surface area is 113 Å². The molecule has 1 heterocycles. The van der Waals surface area contributed by atoms with Crippen LogP contribution in [-0.2, 0) is 0 Å². The lowest BCUT2D eigenvalue weighted by Crippen LogP contribution is -2.06. The molecule has 19 heavy (non-hydrogen) atoms. The van der Waals surface area contributed by atoms with Crippen LogP contribution in [-0.4, -0.2) is 22.2 Å². The van der Waals surface area contributed by atoms with E-state index in [2.05, 4.69) is 23.8 Å². The first-order chi connectivity index (χ1) is 9.13. The van der Waals surface area contributed by atoms with Gasteiger partial charge in [-0.05, 0) is 17.0 Å². The predicted molar refractivity (Wildman–Crippen MR) is 73.2 cm³/mol. The van der Waals surface area contributed by atoms with Gasteiger partial charge in [0.25, 0.3) is 0 Å². The average molecular weight is 258 g/mol. The summed E-state index contributed by atoms with van der Waals surface area (Å²) < 4.78 is 5.12. The van der Waals surface area contributed by atoms with Gasteiger partial charge in [-0.2, -0.15) is 0 Å². The number of rotatable bonds is 4. The van der Waals surface area contributed by atoms with Crippen molar-refractivity contribution in [2.24, 2.45) is 0 Å². The Balaban J connectivity index is 2.30. The number of ether oxygens (including phenoxy) is 1. The number of benzene rings is 1. The summed E-state index contributed by atoms with van der Waals surface area (Å²) in [6.07, 6.45) is 2.25. The Morgan fingerprint density at radius 3 is 2.16 bits per heavy atom. The van der Waals surface area contributed by atoms with Gasteiger partial charge in [0, 0.05) is 12.4 Å². The number of methoxy groups -OCH3 is 1. The van der Waals surface area contributed by atoms with Crippen molar-refractivity contribution in [3.63, 3.8) is 0 Å².